The van der Waals surface area contributed by atoms with Gasteiger partial charge in [-0.3, -0.25) is 14.5 Å². The monoisotopic (exact) mass is 519 g/mol. The van der Waals surface area contributed by atoms with E-state index in [2.05, 4.69) is 17.4 Å². The minimum absolute atomic E-state index is 0.126. The van der Waals surface area contributed by atoms with Crippen LogP contribution in [0.1, 0.15) is 55.0 Å². The average molecular weight is 520 g/mol. The van der Waals surface area contributed by atoms with Crippen molar-refractivity contribution in [3.8, 4) is 11.1 Å². The summed E-state index contributed by atoms with van der Waals surface area (Å²) in [6.07, 6.45) is 7.32. The van der Waals surface area contributed by atoms with Gasteiger partial charge in [0, 0.05) is 23.6 Å². The van der Waals surface area contributed by atoms with Gasteiger partial charge in [-0.15, -0.1) is 0 Å². The van der Waals surface area contributed by atoms with E-state index in [0.29, 0.717) is 5.69 Å². The smallest absolute Gasteiger partial charge is 0.248 e. The van der Waals surface area contributed by atoms with Gasteiger partial charge in [0.2, 0.25) is 11.8 Å². The Balaban J connectivity index is 1.61. The summed E-state index contributed by atoms with van der Waals surface area (Å²) in [5.74, 6) is -0.259. The Labute approximate surface area is 231 Å². The molecule has 5 nitrogen and oxygen atoms in total. The Bertz CT molecular complexity index is 1420. The zero-order chi connectivity index (χ0) is 27.2. The SMILES string of the molecule is Cc1ccccc1C(C(=O)NC1CCCCC1)N(C(=O)Cn1cccc1C)c1cccc(-c2ccccc2)c1. The van der Waals surface area contributed by atoms with Crippen molar-refractivity contribution >= 4 is 17.5 Å². The van der Waals surface area contributed by atoms with E-state index in [4.69, 9.17) is 0 Å². The van der Waals surface area contributed by atoms with Crippen LogP contribution in [0.3, 0.4) is 0 Å². The van der Waals surface area contributed by atoms with Gasteiger partial charge in [0.05, 0.1) is 0 Å². The minimum Gasteiger partial charge on any atom is -0.351 e. The van der Waals surface area contributed by atoms with Crippen LogP contribution < -0.4 is 10.2 Å². The summed E-state index contributed by atoms with van der Waals surface area (Å²) in [5, 5.41) is 3.33. The van der Waals surface area contributed by atoms with Crippen LogP contribution >= 0.6 is 0 Å². The Morgan fingerprint density at radius 3 is 2.28 bits per heavy atom. The second kappa shape index (κ2) is 12.2. The van der Waals surface area contributed by atoms with Crippen molar-refractivity contribution < 1.29 is 9.59 Å². The molecule has 0 spiro atoms. The van der Waals surface area contributed by atoms with Crippen LogP contribution in [0.5, 0.6) is 0 Å². The van der Waals surface area contributed by atoms with E-state index in [9.17, 15) is 9.59 Å². The molecule has 1 heterocycles. The number of carbonyl (C=O) groups excluding carboxylic acids is 2. The van der Waals surface area contributed by atoms with Crippen LogP contribution in [-0.2, 0) is 16.1 Å². The standard InChI is InChI=1S/C34H37N3O2/c1-25-13-9-10-21-31(25)33(34(39)35-29-18-7-4-8-19-29)37(32(38)24-36-22-12-14-26(36)2)30-20-11-17-28(23-30)27-15-5-3-6-16-27/h3,5-6,9-17,20-23,29,33H,4,7-8,18-19,24H2,1-2H3,(H,35,39). The van der Waals surface area contributed by atoms with Crippen molar-refractivity contribution in [2.24, 2.45) is 0 Å². The molecule has 1 saturated carbocycles. The second-order valence-electron chi connectivity index (χ2n) is 10.6. The topological polar surface area (TPSA) is 54.3 Å². The highest BCUT2D eigenvalue weighted by Crippen LogP contribution is 2.33. The number of benzene rings is 3. The lowest BCUT2D eigenvalue weighted by molar-refractivity contribution is -0.127. The van der Waals surface area contributed by atoms with Crippen molar-refractivity contribution in [2.75, 3.05) is 4.90 Å². The number of carbonyl (C=O) groups is 2. The molecule has 200 valence electrons. The van der Waals surface area contributed by atoms with Gasteiger partial charge in [-0.2, -0.15) is 0 Å². The Morgan fingerprint density at radius 2 is 1.56 bits per heavy atom. The molecule has 0 saturated heterocycles. The van der Waals surface area contributed by atoms with Crippen LogP contribution in [0.4, 0.5) is 5.69 Å². The number of rotatable bonds is 8. The molecular formula is C34H37N3O2. The van der Waals surface area contributed by atoms with Crippen molar-refractivity contribution in [1.82, 2.24) is 9.88 Å². The summed E-state index contributed by atoms with van der Waals surface area (Å²) >= 11 is 0. The van der Waals surface area contributed by atoms with Crippen LogP contribution in [0.15, 0.2) is 97.2 Å². The van der Waals surface area contributed by atoms with E-state index in [1.807, 2.05) is 103 Å². The third-order valence-corrected chi connectivity index (χ3v) is 7.80. The highest BCUT2D eigenvalue weighted by molar-refractivity contribution is 6.02. The van der Waals surface area contributed by atoms with Gasteiger partial charge in [-0.25, -0.2) is 0 Å². The highest BCUT2D eigenvalue weighted by atomic mass is 16.2. The second-order valence-corrected chi connectivity index (χ2v) is 10.6. The maximum atomic E-state index is 14.3. The summed E-state index contributed by atoms with van der Waals surface area (Å²) in [6.45, 7) is 4.14. The normalized spacial score (nSPS) is 14.5. The Hall–Kier alpha value is -4.12. The fourth-order valence-corrected chi connectivity index (χ4v) is 5.62. The van der Waals surface area contributed by atoms with Gasteiger partial charge < -0.3 is 9.88 Å². The molecule has 0 aliphatic heterocycles. The third kappa shape index (κ3) is 6.14. The van der Waals surface area contributed by atoms with Gasteiger partial charge in [-0.1, -0.05) is 86.0 Å². The molecule has 5 heteroatoms. The van der Waals surface area contributed by atoms with Crippen LogP contribution in [0.2, 0.25) is 0 Å². The first kappa shape index (κ1) is 26.5. The molecule has 4 aromatic rings. The number of anilines is 1. The number of aromatic nitrogens is 1. The Morgan fingerprint density at radius 1 is 0.846 bits per heavy atom. The molecule has 3 aromatic carbocycles. The number of nitrogens with zero attached hydrogens (tertiary/aromatic N) is 2. The lowest BCUT2D eigenvalue weighted by Crippen LogP contribution is -2.48. The molecule has 1 unspecified atom stereocenters. The zero-order valence-corrected chi connectivity index (χ0v) is 22.8. The summed E-state index contributed by atoms with van der Waals surface area (Å²) < 4.78 is 1.93. The molecular weight excluding hydrogens is 482 g/mol. The molecule has 1 aromatic heterocycles. The first-order valence-electron chi connectivity index (χ1n) is 14.0. The van der Waals surface area contributed by atoms with E-state index < -0.39 is 6.04 Å². The maximum Gasteiger partial charge on any atom is 0.248 e. The molecule has 0 radical (unpaired) electrons. The van der Waals surface area contributed by atoms with Gasteiger partial charge in [0.15, 0.2) is 0 Å². The molecule has 5 rings (SSSR count). The van der Waals surface area contributed by atoms with Gasteiger partial charge in [0.25, 0.3) is 0 Å². The van der Waals surface area contributed by atoms with E-state index in [1.165, 1.54) is 6.42 Å². The largest absolute Gasteiger partial charge is 0.351 e. The molecule has 0 bridgehead atoms. The Kier molecular flexibility index (Phi) is 8.26. The lowest BCUT2D eigenvalue weighted by Gasteiger charge is -2.34. The van der Waals surface area contributed by atoms with Gasteiger partial charge >= 0.3 is 0 Å². The first-order chi connectivity index (χ1) is 19.0. The van der Waals surface area contributed by atoms with Crippen LogP contribution in [0.25, 0.3) is 11.1 Å². The van der Waals surface area contributed by atoms with E-state index in [1.54, 1.807) is 4.90 Å². The molecule has 1 atom stereocenters. The number of hydrogen-bond acceptors (Lipinski definition) is 2. The highest BCUT2D eigenvalue weighted by Gasteiger charge is 2.35. The minimum atomic E-state index is -0.789. The molecule has 1 aliphatic rings. The lowest BCUT2D eigenvalue weighted by atomic mass is 9.93. The fraction of sp³-hybridized carbons (Fsp3) is 0.294. The van der Waals surface area contributed by atoms with Crippen molar-refractivity contribution in [2.45, 2.75) is 64.6 Å². The van der Waals surface area contributed by atoms with Crippen LogP contribution in [0, 0.1) is 13.8 Å². The van der Waals surface area contributed by atoms with Crippen LogP contribution in [-0.4, -0.2) is 22.4 Å². The first-order valence-corrected chi connectivity index (χ1v) is 14.0. The van der Waals surface area contributed by atoms with Gasteiger partial charge in [-0.05, 0) is 73.2 Å². The number of nitrogens with one attached hydrogen (secondary N) is 1. The van der Waals surface area contributed by atoms with Gasteiger partial charge in [0.1, 0.15) is 12.6 Å². The predicted molar refractivity (Wildman–Crippen MR) is 157 cm³/mol. The van der Waals surface area contributed by atoms with E-state index >= 15 is 0 Å². The molecule has 39 heavy (non-hydrogen) atoms. The van der Waals surface area contributed by atoms with Crippen molar-refractivity contribution in [3.63, 3.8) is 0 Å². The fourth-order valence-electron chi connectivity index (χ4n) is 5.62. The van der Waals surface area contributed by atoms with E-state index in [-0.39, 0.29) is 24.4 Å². The van der Waals surface area contributed by atoms with Crippen molar-refractivity contribution in [1.29, 1.82) is 0 Å². The summed E-state index contributed by atoms with van der Waals surface area (Å²) in [6, 6.07) is 29.3. The zero-order valence-electron chi connectivity index (χ0n) is 22.8. The average Bonchev–Trinajstić information content (AvgIpc) is 3.37. The predicted octanol–water partition coefficient (Wildman–Crippen LogP) is 7.00. The molecule has 1 fully saturated rings. The summed E-state index contributed by atoms with van der Waals surface area (Å²) in [4.78, 5) is 30.2. The summed E-state index contributed by atoms with van der Waals surface area (Å²) in [5.41, 5.74) is 5.59. The van der Waals surface area contributed by atoms with Crippen molar-refractivity contribution in [3.05, 3.63) is 114 Å². The quantitative estimate of drug-likeness (QED) is 0.273. The number of hydrogen-bond donors (Lipinski definition) is 1. The van der Waals surface area contributed by atoms with E-state index in [0.717, 1.165) is 53.6 Å². The molecule has 2 amide bonds. The molecule has 1 N–H and O–H groups in total. The maximum absolute atomic E-state index is 14.3. The molecule has 1 aliphatic carbocycles. The third-order valence-electron chi connectivity index (χ3n) is 7.80. The number of aryl methyl sites for hydroxylation is 2. The summed E-state index contributed by atoms with van der Waals surface area (Å²) in [7, 11) is 0. The number of amides is 2.